The van der Waals surface area contributed by atoms with Gasteiger partial charge in [0.2, 0.25) is 11.8 Å². The van der Waals surface area contributed by atoms with Crippen LogP contribution in [0.15, 0.2) is 30.7 Å². The van der Waals surface area contributed by atoms with Crippen molar-refractivity contribution in [2.24, 2.45) is 5.41 Å². The number of carbonyl (C=O) groups excluding carboxylic acids is 2. The van der Waals surface area contributed by atoms with Crippen LogP contribution in [0.1, 0.15) is 49.9 Å². The van der Waals surface area contributed by atoms with Crippen molar-refractivity contribution < 1.29 is 14.3 Å². The average Bonchev–Trinajstić information content (AvgIpc) is 3.26. The number of carbonyl (C=O) groups is 2. The van der Waals surface area contributed by atoms with Crippen molar-refractivity contribution in [3.63, 3.8) is 0 Å². The summed E-state index contributed by atoms with van der Waals surface area (Å²) >= 11 is 0. The molecule has 0 bridgehead atoms. The number of anilines is 1. The van der Waals surface area contributed by atoms with E-state index in [1.54, 1.807) is 30.0 Å². The van der Waals surface area contributed by atoms with E-state index in [9.17, 15) is 9.59 Å². The summed E-state index contributed by atoms with van der Waals surface area (Å²) < 4.78 is 6.87. The second-order valence-corrected chi connectivity index (χ2v) is 10.6. The highest BCUT2D eigenvalue weighted by molar-refractivity contribution is 6.05. The number of nitrogens with one attached hydrogen (secondary N) is 2. The summed E-state index contributed by atoms with van der Waals surface area (Å²) in [6.45, 7) is 4.60. The van der Waals surface area contributed by atoms with Crippen LogP contribution in [0.2, 0.25) is 0 Å². The molecule has 1 saturated carbocycles. The number of nitrogens with two attached hydrogens (primary N) is 1. The van der Waals surface area contributed by atoms with Gasteiger partial charge in [0.05, 0.1) is 23.8 Å². The third-order valence-corrected chi connectivity index (χ3v) is 6.79. The highest BCUT2D eigenvalue weighted by atomic mass is 16.5. The zero-order chi connectivity index (χ0) is 26.7. The van der Waals surface area contributed by atoms with Crippen molar-refractivity contribution >= 4 is 23.1 Å². The van der Waals surface area contributed by atoms with Crippen LogP contribution in [0, 0.1) is 5.41 Å². The monoisotopic (exact) mass is 508 g/mol. The van der Waals surface area contributed by atoms with Gasteiger partial charge in [0, 0.05) is 36.5 Å². The maximum atomic E-state index is 13.4. The van der Waals surface area contributed by atoms with Crippen molar-refractivity contribution in [2.45, 2.75) is 51.6 Å². The Labute approximate surface area is 216 Å². The van der Waals surface area contributed by atoms with E-state index in [1.165, 1.54) is 6.33 Å². The van der Waals surface area contributed by atoms with E-state index in [0.29, 0.717) is 29.2 Å². The smallest absolute Gasteiger partial charge is 0.253 e. The fourth-order valence-electron chi connectivity index (χ4n) is 5.02. The lowest BCUT2D eigenvalue weighted by Gasteiger charge is -2.33. The van der Waals surface area contributed by atoms with Crippen molar-refractivity contribution in [3.8, 4) is 17.1 Å². The van der Waals surface area contributed by atoms with E-state index in [4.69, 9.17) is 10.5 Å². The first-order valence-electron chi connectivity index (χ1n) is 12.5. The summed E-state index contributed by atoms with van der Waals surface area (Å²) in [6.07, 6.45) is 6.16. The summed E-state index contributed by atoms with van der Waals surface area (Å²) in [7, 11) is 5.48. The van der Waals surface area contributed by atoms with Crippen LogP contribution in [0.25, 0.3) is 16.8 Å². The molecule has 1 aliphatic rings. The molecule has 11 heteroatoms. The third kappa shape index (κ3) is 5.82. The molecule has 0 aromatic carbocycles. The van der Waals surface area contributed by atoms with Gasteiger partial charge in [-0.25, -0.2) is 14.5 Å². The first-order valence-corrected chi connectivity index (χ1v) is 12.5. The van der Waals surface area contributed by atoms with Crippen LogP contribution in [-0.4, -0.2) is 76.1 Å². The molecule has 11 nitrogen and oxygen atoms in total. The quantitative estimate of drug-likeness (QED) is 0.420. The SMILES string of the molecule is COc1cc(-c2cc(C(=O)NC3CCC(NC(=O)C(C)(C)CN(C)C)CC3)c3c(N)ncnn23)ccn1. The Morgan fingerprint density at radius 3 is 2.46 bits per heavy atom. The summed E-state index contributed by atoms with van der Waals surface area (Å²) in [6, 6.07) is 5.47. The zero-order valence-corrected chi connectivity index (χ0v) is 22.1. The van der Waals surface area contributed by atoms with Gasteiger partial charge in [-0.1, -0.05) is 0 Å². The summed E-state index contributed by atoms with van der Waals surface area (Å²) in [5.74, 6) is 0.504. The van der Waals surface area contributed by atoms with Crippen molar-refractivity contribution in [3.05, 3.63) is 36.3 Å². The highest BCUT2D eigenvalue weighted by Crippen LogP contribution is 2.30. The number of nitrogens with zero attached hydrogens (tertiary/aromatic N) is 5. The molecule has 37 heavy (non-hydrogen) atoms. The maximum absolute atomic E-state index is 13.4. The van der Waals surface area contributed by atoms with Gasteiger partial charge in [-0.05, 0) is 65.8 Å². The van der Waals surface area contributed by atoms with Gasteiger partial charge < -0.3 is 26.0 Å². The second-order valence-electron chi connectivity index (χ2n) is 10.6. The standard InChI is InChI=1S/C26H36N8O3/c1-26(2,14-33(3)4)25(36)32-18-8-6-17(7-9-18)31-24(35)19-13-20(16-10-11-28-21(12-16)37-5)34-22(19)23(27)29-15-30-34/h10-13,15,17-18H,6-9,14H2,1-5H3,(H,31,35)(H,32,36)(H2,27,29,30). The highest BCUT2D eigenvalue weighted by Gasteiger charge is 2.32. The summed E-state index contributed by atoms with van der Waals surface area (Å²) in [5, 5.41) is 10.7. The molecule has 4 N–H and O–H groups in total. The third-order valence-electron chi connectivity index (χ3n) is 6.79. The van der Waals surface area contributed by atoms with Crippen LogP contribution in [0.3, 0.4) is 0 Å². The first kappa shape index (κ1) is 26.3. The Bertz CT molecular complexity index is 1280. The number of ether oxygens (including phenoxy) is 1. The van der Waals surface area contributed by atoms with Crippen molar-refractivity contribution in [1.29, 1.82) is 0 Å². The number of nitrogen functional groups attached to an aromatic ring is 1. The maximum Gasteiger partial charge on any atom is 0.253 e. The normalized spacial score (nSPS) is 18.1. The molecular formula is C26H36N8O3. The molecule has 0 aliphatic heterocycles. The molecular weight excluding hydrogens is 472 g/mol. The van der Waals surface area contributed by atoms with Gasteiger partial charge in [0.1, 0.15) is 11.8 Å². The van der Waals surface area contributed by atoms with Crippen molar-refractivity contribution in [1.82, 2.24) is 35.1 Å². The number of hydrogen-bond donors (Lipinski definition) is 3. The van der Waals surface area contributed by atoms with Crippen molar-refractivity contribution in [2.75, 3.05) is 33.5 Å². The van der Waals surface area contributed by atoms with Gasteiger partial charge >= 0.3 is 0 Å². The average molecular weight is 509 g/mol. The van der Waals surface area contributed by atoms with Gasteiger partial charge in [0.15, 0.2) is 5.82 Å². The number of aromatic nitrogens is 4. The van der Waals surface area contributed by atoms with Crippen LogP contribution >= 0.6 is 0 Å². The van der Waals surface area contributed by atoms with E-state index in [0.717, 1.165) is 31.2 Å². The number of amides is 2. The van der Waals surface area contributed by atoms with Gasteiger partial charge in [-0.15, -0.1) is 0 Å². The fourth-order valence-corrected chi connectivity index (χ4v) is 5.02. The molecule has 1 fully saturated rings. The number of rotatable bonds is 8. The topological polar surface area (TPSA) is 140 Å². The number of methoxy groups -OCH3 is 1. The lowest BCUT2D eigenvalue weighted by atomic mass is 9.88. The molecule has 3 aromatic heterocycles. The van der Waals surface area contributed by atoms with E-state index >= 15 is 0 Å². The van der Waals surface area contributed by atoms with E-state index < -0.39 is 5.41 Å². The molecule has 3 heterocycles. The Morgan fingerprint density at radius 1 is 1.14 bits per heavy atom. The second kappa shape index (κ2) is 10.7. The molecule has 2 amide bonds. The van der Waals surface area contributed by atoms with E-state index in [1.807, 2.05) is 38.9 Å². The van der Waals surface area contributed by atoms with Crippen LogP contribution in [0.5, 0.6) is 5.88 Å². The van der Waals surface area contributed by atoms with Gasteiger partial charge in [-0.3, -0.25) is 9.59 Å². The molecule has 1 aliphatic carbocycles. The minimum atomic E-state index is -0.469. The zero-order valence-electron chi connectivity index (χ0n) is 22.1. The summed E-state index contributed by atoms with van der Waals surface area (Å²) in [4.78, 5) is 36.4. The molecule has 198 valence electrons. The Balaban J connectivity index is 1.46. The molecule has 0 spiro atoms. The minimum absolute atomic E-state index is 0.000659. The number of fused-ring (bicyclic) bond motifs is 1. The molecule has 3 aromatic rings. The first-order chi connectivity index (χ1) is 17.6. The minimum Gasteiger partial charge on any atom is -0.481 e. The largest absolute Gasteiger partial charge is 0.481 e. The van der Waals surface area contributed by atoms with Crippen LogP contribution < -0.4 is 21.1 Å². The number of pyridine rings is 1. The predicted molar refractivity (Wildman–Crippen MR) is 141 cm³/mol. The molecule has 0 unspecified atom stereocenters. The van der Waals surface area contributed by atoms with E-state index in [-0.39, 0.29) is 29.7 Å². The summed E-state index contributed by atoms with van der Waals surface area (Å²) in [5.41, 5.74) is 8.03. The predicted octanol–water partition coefficient (Wildman–Crippen LogP) is 2.13. The Hall–Kier alpha value is -3.73. The molecule has 0 atom stereocenters. The van der Waals surface area contributed by atoms with Gasteiger partial charge in [-0.2, -0.15) is 5.10 Å². The lowest BCUT2D eigenvalue weighted by molar-refractivity contribution is -0.131. The lowest BCUT2D eigenvalue weighted by Crippen LogP contribution is -2.49. The van der Waals surface area contributed by atoms with Crippen LogP contribution in [0.4, 0.5) is 5.82 Å². The molecule has 0 saturated heterocycles. The van der Waals surface area contributed by atoms with Gasteiger partial charge in [0.25, 0.3) is 5.91 Å². The Kier molecular flexibility index (Phi) is 7.63. The Morgan fingerprint density at radius 2 is 1.81 bits per heavy atom. The van der Waals surface area contributed by atoms with Crippen LogP contribution in [-0.2, 0) is 4.79 Å². The molecule has 0 radical (unpaired) electrons. The number of hydrogen-bond acceptors (Lipinski definition) is 8. The molecule has 4 rings (SSSR count). The fraction of sp³-hybridized carbons (Fsp3) is 0.500. The van der Waals surface area contributed by atoms with E-state index in [2.05, 4.69) is 25.7 Å².